The third kappa shape index (κ3) is 3.80. The summed E-state index contributed by atoms with van der Waals surface area (Å²) in [5, 5.41) is 8.07. The van der Waals surface area contributed by atoms with Gasteiger partial charge in [0.15, 0.2) is 5.11 Å². The highest BCUT2D eigenvalue weighted by atomic mass is 32.1. The third-order valence-electron chi connectivity index (χ3n) is 4.09. The van der Waals surface area contributed by atoms with Gasteiger partial charge in [0.2, 0.25) is 0 Å². The van der Waals surface area contributed by atoms with Crippen molar-refractivity contribution in [3.63, 3.8) is 0 Å². The number of thiocarbonyl (C=S) groups is 1. The van der Waals surface area contributed by atoms with Crippen LogP contribution in [-0.4, -0.2) is 17.4 Å². The molecule has 2 aliphatic carbocycles. The van der Waals surface area contributed by atoms with Crippen LogP contribution in [0.3, 0.4) is 0 Å². The minimum atomic E-state index is 0.591. The summed E-state index contributed by atoms with van der Waals surface area (Å²) in [6.07, 6.45) is 11.1. The topological polar surface area (TPSA) is 36.4 Å². The average molecular weight is 265 g/mol. The van der Waals surface area contributed by atoms with Crippen molar-refractivity contribution in [3.05, 3.63) is 12.7 Å². The first-order valence-electron chi connectivity index (χ1n) is 6.99. The van der Waals surface area contributed by atoms with Crippen LogP contribution in [0, 0.1) is 11.8 Å². The molecule has 2 atom stereocenters. The Balaban J connectivity index is 1.79. The van der Waals surface area contributed by atoms with Gasteiger partial charge < -0.3 is 5.32 Å². The Morgan fingerprint density at radius 2 is 2.11 bits per heavy atom. The normalized spacial score (nSPS) is 29.4. The van der Waals surface area contributed by atoms with Gasteiger partial charge in [0.1, 0.15) is 0 Å². The highest BCUT2D eigenvalue weighted by Crippen LogP contribution is 2.39. The predicted octanol–water partition coefficient (Wildman–Crippen LogP) is 2.98. The van der Waals surface area contributed by atoms with Crippen molar-refractivity contribution in [2.45, 2.75) is 44.9 Å². The Labute approximate surface area is 115 Å². The van der Waals surface area contributed by atoms with Crippen LogP contribution >= 0.6 is 12.2 Å². The summed E-state index contributed by atoms with van der Waals surface area (Å²) < 4.78 is 0. The van der Waals surface area contributed by atoms with Gasteiger partial charge in [-0.15, -0.1) is 6.58 Å². The van der Waals surface area contributed by atoms with Crippen LogP contribution in [0.25, 0.3) is 0 Å². The molecular formula is C14H23N3S. The van der Waals surface area contributed by atoms with Crippen LogP contribution in [-0.2, 0) is 0 Å². The second kappa shape index (κ2) is 6.88. The van der Waals surface area contributed by atoms with E-state index in [9.17, 15) is 0 Å². The summed E-state index contributed by atoms with van der Waals surface area (Å²) in [4.78, 5) is 0. The fourth-order valence-corrected chi connectivity index (χ4v) is 3.25. The van der Waals surface area contributed by atoms with Gasteiger partial charge in [-0.2, -0.15) is 5.10 Å². The number of nitrogens with zero attached hydrogens (tertiary/aromatic N) is 1. The maximum atomic E-state index is 5.13. The lowest BCUT2D eigenvalue weighted by Crippen LogP contribution is -2.34. The molecule has 0 radical (unpaired) electrons. The van der Waals surface area contributed by atoms with Gasteiger partial charge in [0, 0.05) is 12.3 Å². The second-order valence-electron chi connectivity index (χ2n) is 5.34. The van der Waals surface area contributed by atoms with Crippen molar-refractivity contribution in [1.82, 2.24) is 10.7 Å². The molecule has 0 unspecified atom stereocenters. The molecule has 0 aromatic heterocycles. The predicted molar refractivity (Wildman–Crippen MR) is 80.7 cm³/mol. The first-order valence-corrected chi connectivity index (χ1v) is 7.40. The zero-order valence-electron chi connectivity index (χ0n) is 11.0. The van der Waals surface area contributed by atoms with Crippen LogP contribution < -0.4 is 10.7 Å². The molecule has 2 N–H and O–H groups in total. The van der Waals surface area contributed by atoms with Gasteiger partial charge in [0.25, 0.3) is 0 Å². The van der Waals surface area contributed by atoms with Crippen LogP contribution in [0.4, 0.5) is 0 Å². The summed E-state index contributed by atoms with van der Waals surface area (Å²) in [6, 6.07) is 0. The molecule has 0 aromatic carbocycles. The molecule has 0 heterocycles. The number of fused-ring (bicyclic) bond motifs is 1. The Bertz CT molecular complexity index is 338. The van der Waals surface area contributed by atoms with E-state index < -0.39 is 0 Å². The van der Waals surface area contributed by atoms with Gasteiger partial charge >= 0.3 is 0 Å². The number of hydrogen-bond acceptors (Lipinski definition) is 2. The van der Waals surface area contributed by atoms with Crippen LogP contribution in [0.2, 0.25) is 0 Å². The van der Waals surface area contributed by atoms with Crippen molar-refractivity contribution >= 4 is 23.0 Å². The van der Waals surface area contributed by atoms with Crippen LogP contribution in [0.15, 0.2) is 17.8 Å². The molecule has 0 aliphatic heterocycles. The lowest BCUT2D eigenvalue weighted by Gasteiger charge is -2.35. The van der Waals surface area contributed by atoms with Gasteiger partial charge in [0.05, 0.1) is 0 Å². The van der Waals surface area contributed by atoms with Crippen molar-refractivity contribution in [3.8, 4) is 0 Å². The molecule has 18 heavy (non-hydrogen) atoms. The molecule has 0 bridgehead atoms. The van der Waals surface area contributed by atoms with Gasteiger partial charge in [-0.25, -0.2) is 0 Å². The maximum absolute atomic E-state index is 5.13. The van der Waals surface area contributed by atoms with E-state index in [2.05, 4.69) is 22.4 Å². The molecule has 3 nitrogen and oxygen atoms in total. The molecule has 4 heteroatoms. The molecule has 100 valence electrons. The summed E-state index contributed by atoms with van der Waals surface area (Å²) >= 11 is 5.13. The monoisotopic (exact) mass is 265 g/mol. The number of hydrazone groups is 1. The van der Waals surface area contributed by atoms with E-state index >= 15 is 0 Å². The molecule has 2 aliphatic rings. The SMILES string of the molecule is C=CCNC(=S)N/N=C1/CC[C@@H]2CCCC[C@@H]2C1. The summed E-state index contributed by atoms with van der Waals surface area (Å²) in [7, 11) is 0. The molecule has 0 spiro atoms. The summed E-state index contributed by atoms with van der Waals surface area (Å²) in [5.74, 6) is 1.84. The van der Waals surface area contributed by atoms with E-state index in [0.29, 0.717) is 11.7 Å². The number of rotatable bonds is 3. The van der Waals surface area contributed by atoms with Crippen molar-refractivity contribution < 1.29 is 0 Å². The average Bonchev–Trinajstić information content (AvgIpc) is 2.42. The fraction of sp³-hybridized carbons (Fsp3) is 0.714. The molecule has 2 rings (SSSR count). The van der Waals surface area contributed by atoms with Crippen molar-refractivity contribution in [2.75, 3.05) is 6.54 Å². The molecule has 0 amide bonds. The Morgan fingerprint density at radius 3 is 2.89 bits per heavy atom. The first-order chi connectivity index (χ1) is 8.79. The van der Waals surface area contributed by atoms with E-state index in [-0.39, 0.29) is 0 Å². The summed E-state index contributed by atoms with van der Waals surface area (Å²) in [6.45, 7) is 4.32. The van der Waals surface area contributed by atoms with Gasteiger partial charge in [-0.05, 0) is 49.7 Å². The van der Waals surface area contributed by atoms with E-state index in [4.69, 9.17) is 12.2 Å². The van der Waals surface area contributed by atoms with E-state index in [1.807, 2.05) is 0 Å². The lowest BCUT2D eigenvalue weighted by atomic mass is 9.70. The van der Waals surface area contributed by atoms with Gasteiger partial charge in [-0.3, -0.25) is 5.43 Å². The highest BCUT2D eigenvalue weighted by Gasteiger charge is 2.30. The smallest absolute Gasteiger partial charge is 0.187 e. The molecule has 2 saturated carbocycles. The maximum Gasteiger partial charge on any atom is 0.187 e. The van der Waals surface area contributed by atoms with Crippen LogP contribution in [0.5, 0.6) is 0 Å². The van der Waals surface area contributed by atoms with E-state index in [1.165, 1.54) is 44.2 Å². The molecule has 0 aromatic rings. The minimum absolute atomic E-state index is 0.591. The van der Waals surface area contributed by atoms with Crippen molar-refractivity contribution in [2.24, 2.45) is 16.9 Å². The van der Waals surface area contributed by atoms with E-state index in [1.54, 1.807) is 6.08 Å². The highest BCUT2D eigenvalue weighted by molar-refractivity contribution is 7.80. The zero-order chi connectivity index (χ0) is 12.8. The molecule has 2 fully saturated rings. The largest absolute Gasteiger partial charge is 0.358 e. The Kier molecular flexibility index (Phi) is 5.17. The zero-order valence-corrected chi connectivity index (χ0v) is 11.8. The Morgan fingerprint density at radius 1 is 1.33 bits per heavy atom. The Hall–Kier alpha value is -0.900. The molecule has 0 saturated heterocycles. The standard InChI is InChI=1S/C14H23N3S/c1-2-9-15-14(18)17-16-13-8-7-11-5-3-4-6-12(11)10-13/h2,11-12H,1,3-10H2,(H2,15,17,18)/b16-13-/t11-,12+/m0/s1. The third-order valence-corrected chi connectivity index (χ3v) is 4.33. The lowest BCUT2D eigenvalue weighted by molar-refractivity contribution is 0.218. The summed E-state index contributed by atoms with van der Waals surface area (Å²) in [5.41, 5.74) is 4.24. The fourth-order valence-electron chi connectivity index (χ4n) is 3.13. The minimum Gasteiger partial charge on any atom is -0.358 e. The van der Waals surface area contributed by atoms with Crippen LogP contribution in [0.1, 0.15) is 44.9 Å². The van der Waals surface area contributed by atoms with Crippen molar-refractivity contribution in [1.29, 1.82) is 0 Å². The number of nitrogens with one attached hydrogen (secondary N) is 2. The molecular weight excluding hydrogens is 242 g/mol. The number of hydrogen-bond donors (Lipinski definition) is 2. The first kappa shape index (κ1) is 13.5. The van der Waals surface area contributed by atoms with E-state index in [0.717, 1.165) is 18.3 Å². The second-order valence-corrected chi connectivity index (χ2v) is 5.74. The quantitative estimate of drug-likeness (QED) is 0.468. The van der Waals surface area contributed by atoms with Gasteiger partial charge in [-0.1, -0.05) is 25.3 Å².